The van der Waals surface area contributed by atoms with Crippen molar-refractivity contribution < 1.29 is 0 Å². The highest BCUT2D eigenvalue weighted by Crippen LogP contribution is 2.16. The molecule has 0 atom stereocenters. The van der Waals surface area contributed by atoms with Crippen LogP contribution in [0, 0.1) is 0 Å². The number of likely N-dealkylation sites (tertiary alicyclic amines) is 1. The van der Waals surface area contributed by atoms with E-state index in [-0.39, 0.29) is 5.56 Å². The van der Waals surface area contributed by atoms with Crippen LogP contribution in [0.25, 0.3) is 10.8 Å². The van der Waals surface area contributed by atoms with E-state index in [0.717, 1.165) is 38.0 Å². The smallest absolute Gasteiger partial charge is 0.272 e. The monoisotopic (exact) mass is 388 g/mol. The average Bonchev–Trinajstić information content (AvgIpc) is 2.70. The lowest BCUT2D eigenvalue weighted by Gasteiger charge is -2.26. The number of aromatic amines is 1. The Balaban J connectivity index is 1.32. The molecule has 2 heterocycles. The summed E-state index contributed by atoms with van der Waals surface area (Å²) in [5.41, 5.74) is -0.168. The minimum Gasteiger partial charge on any atom is -0.368 e. The minimum absolute atomic E-state index is 0.168. The molecule has 4 N–H and O–H groups in total. The number of anilines is 1. The molecule has 8 heteroatoms. The van der Waals surface area contributed by atoms with Gasteiger partial charge in [-0.05, 0) is 50.6 Å². The number of hydrogen-bond donors (Lipinski definition) is 4. The van der Waals surface area contributed by atoms with Gasteiger partial charge >= 0.3 is 0 Å². The fourth-order valence-electron chi connectivity index (χ4n) is 3.32. The Morgan fingerprint density at radius 2 is 1.81 bits per heavy atom. The molecule has 0 spiro atoms. The highest BCUT2D eigenvalue weighted by molar-refractivity contribution is 7.80. The summed E-state index contributed by atoms with van der Waals surface area (Å²) in [4.78, 5) is 14.3. The summed E-state index contributed by atoms with van der Waals surface area (Å²) in [7, 11) is 0. The van der Waals surface area contributed by atoms with Gasteiger partial charge in [0.25, 0.3) is 5.56 Å². The van der Waals surface area contributed by atoms with Gasteiger partial charge in [0.05, 0.1) is 5.39 Å². The maximum atomic E-state index is 11.8. The Hall–Kier alpha value is -2.19. The second-order valence-corrected chi connectivity index (χ2v) is 7.22. The third-order valence-corrected chi connectivity index (χ3v) is 5.08. The first-order chi connectivity index (χ1) is 13.2. The van der Waals surface area contributed by atoms with Crippen LogP contribution < -0.4 is 21.5 Å². The molecule has 0 aliphatic carbocycles. The largest absolute Gasteiger partial charge is 0.368 e. The Morgan fingerprint density at radius 1 is 1.07 bits per heavy atom. The van der Waals surface area contributed by atoms with E-state index < -0.39 is 0 Å². The predicted octanol–water partition coefficient (Wildman–Crippen LogP) is 1.68. The Kier molecular flexibility index (Phi) is 7.41. The zero-order valence-electron chi connectivity index (χ0n) is 15.6. The molecule has 1 aromatic carbocycles. The van der Waals surface area contributed by atoms with Crippen LogP contribution in [0.5, 0.6) is 0 Å². The molecule has 2 aromatic rings. The number of benzene rings is 1. The molecule has 0 saturated carbocycles. The standard InChI is InChI=1S/C19H28N6OS/c26-18-16-8-3-2-7-15(16)17(23-24-18)20-9-6-10-21-19(27)22-11-14-25-12-4-1-5-13-25/h2-3,7-8H,1,4-6,9-14H2,(H,20,23)(H,24,26)(H2,21,22,27). The second kappa shape index (κ2) is 10.2. The summed E-state index contributed by atoms with van der Waals surface area (Å²) in [6.45, 7) is 5.88. The molecule has 1 aliphatic rings. The lowest BCUT2D eigenvalue weighted by molar-refractivity contribution is 0.232. The normalized spacial score (nSPS) is 14.8. The fourth-order valence-corrected chi connectivity index (χ4v) is 3.52. The molecule has 1 aliphatic heterocycles. The van der Waals surface area contributed by atoms with Crippen LogP contribution in [-0.4, -0.2) is 59.5 Å². The van der Waals surface area contributed by atoms with Gasteiger partial charge in [0.1, 0.15) is 0 Å². The summed E-state index contributed by atoms with van der Waals surface area (Å²) in [5.74, 6) is 0.701. The first-order valence-corrected chi connectivity index (χ1v) is 10.1. The van der Waals surface area contributed by atoms with E-state index >= 15 is 0 Å². The summed E-state index contributed by atoms with van der Waals surface area (Å²) in [6, 6.07) is 7.46. The van der Waals surface area contributed by atoms with Crippen molar-refractivity contribution >= 4 is 33.9 Å². The number of thiocarbonyl (C=S) groups is 1. The van der Waals surface area contributed by atoms with Crippen molar-refractivity contribution in [1.82, 2.24) is 25.7 Å². The van der Waals surface area contributed by atoms with Crippen LogP contribution in [0.2, 0.25) is 0 Å². The van der Waals surface area contributed by atoms with E-state index in [9.17, 15) is 4.79 Å². The number of piperidine rings is 1. The van der Waals surface area contributed by atoms with Crippen molar-refractivity contribution in [3.8, 4) is 0 Å². The van der Waals surface area contributed by atoms with Gasteiger partial charge in [-0.2, -0.15) is 5.10 Å². The van der Waals surface area contributed by atoms with Gasteiger partial charge in [-0.15, -0.1) is 0 Å². The highest BCUT2D eigenvalue weighted by atomic mass is 32.1. The topological polar surface area (TPSA) is 85.1 Å². The van der Waals surface area contributed by atoms with Crippen molar-refractivity contribution in [3.05, 3.63) is 34.6 Å². The van der Waals surface area contributed by atoms with Crippen LogP contribution >= 0.6 is 12.2 Å². The van der Waals surface area contributed by atoms with Crippen molar-refractivity contribution in [2.24, 2.45) is 0 Å². The maximum Gasteiger partial charge on any atom is 0.272 e. The average molecular weight is 389 g/mol. The SMILES string of the molecule is O=c1[nH]nc(NCCCNC(=S)NCCN2CCCCC2)c2ccccc12. The molecular weight excluding hydrogens is 360 g/mol. The van der Waals surface area contributed by atoms with Crippen LogP contribution in [0.3, 0.4) is 0 Å². The summed E-state index contributed by atoms with van der Waals surface area (Å²) in [5, 5.41) is 18.6. The maximum absolute atomic E-state index is 11.8. The number of aromatic nitrogens is 2. The molecule has 0 unspecified atom stereocenters. The van der Waals surface area contributed by atoms with Crippen LogP contribution in [0.1, 0.15) is 25.7 Å². The van der Waals surface area contributed by atoms with Gasteiger partial charge in [0.15, 0.2) is 10.9 Å². The van der Waals surface area contributed by atoms with Gasteiger partial charge in [-0.3, -0.25) is 4.79 Å². The van der Waals surface area contributed by atoms with Gasteiger partial charge < -0.3 is 20.9 Å². The molecule has 7 nitrogen and oxygen atoms in total. The molecule has 0 radical (unpaired) electrons. The Morgan fingerprint density at radius 3 is 2.63 bits per heavy atom. The quantitative estimate of drug-likeness (QED) is 0.404. The first-order valence-electron chi connectivity index (χ1n) is 9.69. The first kappa shape index (κ1) is 19.6. The molecule has 3 rings (SSSR count). The third kappa shape index (κ3) is 5.90. The van der Waals surface area contributed by atoms with Crippen molar-refractivity contribution in [3.63, 3.8) is 0 Å². The molecule has 0 bridgehead atoms. The van der Waals surface area contributed by atoms with E-state index in [1.165, 1.54) is 32.4 Å². The van der Waals surface area contributed by atoms with Crippen LogP contribution in [-0.2, 0) is 0 Å². The van der Waals surface area contributed by atoms with E-state index in [1.54, 1.807) is 6.07 Å². The van der Waals surface area contributed by atoms with Crippen LogP contribution in [0.15, 0.2) is 29.1 Å². The molecular formula is C19H28N6OS. The Labute approximate surface area is 164 Å². The van der Waals surface area contributed by atoms with Crippen molar-refractivity contribution in [2.45, 2.75) is 25.7 Å². The molecule has 146 valence electrons. The molecule has 0 amide bonds. The zero-order chi connectivity index (χ0) is 18.9. The molecule has 1 saturated heterocycles. The number of rotatable bonds is 8. The van der Waals surface area contributed by atoms with Crippen molar-refractivity contribution in [1.29, 1.82) is 0 Å². The van der Waals surface area contributed by atoms with Gasteiger partial charge in [0, 0.05) is 31.6 Å². The second-order valence-electron chi connectivity index (χ2n) is 6.81. The number of nitrogens with zero attached hydrogens (tertiary/aromatic N) is 2. The lowest BCUT2D eigenvalue weighted by atomic mass is 10.1. The minimum atomic E-state index is -0.168. The molecule has 1 aromatic heterocycles. The van der Waals surface area contributed by atoms with E-state index in [2.05, 4.69) is 31.0 Å². The highest BCUT2D eigenvalue weighted by Gasteiger charge is 2.09. The number of nitrogens with one attached hydrogen (secondary N) is 4. The lowest BCUT2D eigenvalue weighted by Crippen LogP contribution is -2.41. The van der Waals surface area contributed by atoms with E-state index in [4.69, 9.17) is 12.2 Å². The third-order valence-electron chi connectivity index (χ3n) is 4.79. The van der Waals surface area contributed by atoms with Gasteiger partial charge in [0.2, 0.25) is 0 Å². The fraction of sp³-hybridized carbons (Fsp3) is 0.526. The number of hydrogen-bond acceptors (Lipinski definition) is 5. The van der Waals surface area contributed by atoms with Crippen molar-refractivity contribution in [2.75, 3.05) is 44.6 Å². The van der Waals surface area contributed by atoms with E-state index in [1.807, 2.05) is 18.2 Å². The number of fused-ring (bicyclic) bond motifs is 1. The van der Waals surface area contributed by atoms with Crippen LogP contribution in [0.4, 0.5) is 5.82 Å². The predicted molar refractivity (Wildman–Crippen MR) is 114 cm³/mol. The molecule has 27 heavy (non-hydrogen) atoms. The van der Waals surface area contributed by atoms with Gasteiger partial charge in [-0.1, -0.05) is 24.6 Å². The van der Waals surface area contributed by atoms with E-state index in [0.29, 0.717) is 16.3 Å². The summed E-state index contributed by atoms with van der Waals surface area (Å²) < 4.78 is 0. The zero-order valence-corrected chi connectivity index (χ0v) is 16.4. The summed E-state index contributed by atoms with van der Waals surface area (Å²) >= 11 is 5.33. The Bertz CT molecular complexity index is 802. The summed E-state index contributed by atoms with van der Waals surface area (Å²) in [6.07, 6.45) is 4.88. The van der Waals surface area contributed by atoms with Gasteiger partial charge in [-0.25, -0.2) is 5.10 Å². The number of H-pyrrole nitrogens is 1. The molecule has 1 fully saturated rings.